The van der Waals surface area contributed by atoms with Crippen LogP contribution in [0.5, 0.6) is 0 Å². The minimum absolute atomic E-state index is 0.0205. The summed E-state index contributed by atoms with van der Waals surface area (Å²) in [6.07, 6.45) is 2.15. The Labute approximate surface area is 223 Å². The van der Waals surface area contributed by atoms with Gasteiger partial charge in [-0.15, -0.1) is 0 Å². The van der Waals surface area contributed by atoms with Crippen molar-refractivity contribution >= 4 is 24.3 Å². The molecule has 10 heteroatoms. The van der Waals surface area contributed by atoms with E-state index in [1.807, 2.05) is 48.5 Å². The first-order valence-electron chi connectivity index (χ1n) is 13.1. The third-order valence-electron chi connectivity index (χ3n) is 5.72. The molecule has 0 aromatic carbocycles. The van der Waals surface area contributed by atoms with Gasteiger partial charge in [-0.1, -0.05) is 27.7 Å². The Morgan fingerprint density at radius 2 is 1.32 bits per heavy atom. The van der Waals surface area contributed by atoms with E-state index in [-0.39, 0.29) is 24.5 Å². The van der Waals surface area contributed by atoms with Crippen LogP contribution in [0.2, 0.25) is 0 Å². The first kappa shape index (κ1) is 37.0. The molecule has 218 valence electrons. The van der Waals surface area contributed by atoms with Crippen molar-refractivity contribution in [1.82, 2.24) is 10.6 Å². The summed E-state index contributed by atoms with van der Waals surface area (Å²) in [7, 11) is 1.73. The number of hydrogen-bond acceptors (Lipinski definition) is 9. The van der Waals surface area contributed by atoms with Gasteiger partial charge in [-0.25, -0.2) is 4.79 Å². The predicted octanol–water partition coefficient (Wildman–Crippen LogP) is 4.33. The average molecular weight is 533 g/mol. The predicted molar refractivity (Wildman–Crippen MR) is 143 cm³/mol. The van der Waals surface area contributed by atoms with E-state index in [1.54, 1.807) is 27.8 Å². The van der Waals surface area contributed by atoms with Crippen molar-refractivity contribution < 1.29 is 38.1 Å². The molecule has 10 nitrogen and oxygen atoms in total. The zero-order valence-electron chi connectivity index (χ0n) is 25.0. The fraction of sp³-hybridized carbons (Fsp3) is 0.852. The molecule has 0 rings (SSSR count). The highest BCUT2D eigenvalue weighted by atomic mass is 16.6. The molecule has 0 aromatic rings. The van der Waals surface area contributed by atoms with E-state index in [4.69, 9.17) is 14.2 Å². The lowest BCUT2D eigenvalue weighted by molar-refractivity contribution is -0.166. The summed E-state index contributed by atoms with van der Waals surface area (Å²) in [6.45, 7) is 19.2. The molecule has 0 aliphatic rings. The van der Waals surface area contributed by atoms with Crippen LogP contribution in [0.15, 0.2) is 0 Å². The molecule has 0 saturated heterocycles. The molecule has 0 bridgehead atoms. The van der Waals surface area contributed by atoms with Crippen molar-refractivity contribution in [2.75, 3.05) is 26.7 Å². The third kappa shape index (κ3) is 16.3. The molecule has 0 spiro atoms. The Balaban J connectivity index is 0. The number of nitrogens with one attached hydrogen (secondary N) is 2. The molecule has 37 heavy (non-hydrogen) atoms. The van der Waals surface area contributed by atoms with Gasteiger partial charge in [0.05, 0.1) is 13.2 Å². The number of hydrogen-bond donors (Lipinski definition) is 2. The zero-order chi connectivity index (χ0) is 29.3. The van der Waals surface area contributed by atoms with Crippen LogP contribution >= 0.6 is 0 Å². The van der Waals surface area contributed by atoms with Crippen LogP contribution in [-0.4, -0.2) is 73.5 Å². The van der Waals surface area contributed by atoms with Crippen molar-refractivity contribution in [3.05, 3.63) is 0 Å². The number of rotatable bonds is 15. The van der Waals surface area contributed by atoms with Gasteiger partial charge in [0.1, 0.15) is 28.9 Å². The second kappa shape index (κ2) is 17.3. The molecule has 0 saturated carbocycles. The number of Topliss-reactive ketones (excluding diaryl/α,β-unsaturated/α-hetero) is 1. The molecular weight excluding hydrogens is 480 g/mol. The summed E-state index contributed by atoms with van der Waals surface area (Å²) in [5, 5.41) is 5.31. The van der Waals surface area contributed by atoms with Crippen LogP contribution in [0.25, 0.3) is 0 Å². The van der Waals surface area contributed by atoms with E-state index < -0.39 is 28.9 Å². The average Bonchev–Trinajstić information content (AvgIpc) is 2.78. The van der Waals surface area contributed by atoms with Crippen molar-refractivity contribution in [3.8, 4) is 0 Å². The standard InChI is InChI=1S/C22H42N2O6.C5H10O2/c1-9-21(10-2,29-18(26)16-24-19(27)30-20(5,6)7)13-14-28-22(11-3,12-4)17(25)15-23-8;1-5(2,3)7-4-6/h23H,9-16H2,1-8H3,(H,24,27);4H,1-3H3. The Morgan fingerprint density at radius 1 is 0.784 bits per heavy atom. The van der Waals surface area contributed by atoms with E-state index >= 15 is 0 Å². The number of ketones is 1. The Kier molecular flexibility index (Phi) is 17.3. The van der Waals surface area contributed by atoms with Crippen LogP contribution in [0.4, 0.5) is 4.79 Å². The maximum absolute atomic E-state index is 12.5. The Morgan fingerprint density at radius 3 is 1.68 bits per heavy atom. The molecule has 0 atom stereocenters. The highest BCUT2D eigenvalue weighted by molar-refractivity contribution is 5.89. The van der Waals surface area contributed by atoms with Gasteiger partial charge in [0.15, 0.2) is 5.78 Å². The van der Waals surface area contributed by atoms with Crippen LogP contribution in [0, 0.1) is 0 Å². The van der Waals surface area contributed by atoms with Crippen molar-refractivity contribution in [1.29, 1.82) is 0 Å². The van der Waals surface area contributed by atoms with Gasteiger partial charge in [-0.3, -0.25) is 14.4 Å². The summed E-state index contributed by atoms with van der Waals surface area (Å²) < 4.78 is 21.5. The second-order valence-electron chi connectivity index (χ2n) is 10.8. The topological polar surface area (TPSA) is 129 Å². The lowest BCUT2D eigenvalue weighted by Gasteiger charge is -2.35. The van der Waals surface area contributed by atoms with Gasteiger partial charge < -0.3 is 29.6 Å². The normalized spacial score (nSPS) is 12.1. The monoisotopic (exact) mass is 532 g/mol. The number of alkyl carbamates (subject to hydrolysis) is 1. The largest absolute Gasteiger partial charge is 0.462 e. The van der Waals surface area contributed by atoms with Crippen LogP contribution in [0.3, 0.4) is 0 Å². The maximum Gasteiger partial charge on any atom is 0.408 e. The SMILES string of the molecule is CC(C)(C)OC=O.CCC(CC)(CCOC(CC)(CC)C(=O)CNC)OC(=O)CNC(=O)OC(C)(C)C. The summed E-state index contributed by atoms with van der Waals surface area (Å²) >= 11 is 0. The molecule has 0 heterocycles. The zero-order valence-corrected chi connectivity index (χ0v) is 25.0. The Hall–Kier alpha value is -2.20. The van der Waals surface area contributed by atoms with E-state index in [9.17, 15) is 19.2 Å². The van der Waals surface area contributed by atoms with Gasteiger partial charge in [0, 0.05) is 6.42 Å². The Bertz CT molecular complexity index is 688. The number of esters is 1. The van der Waals surface area contributed by atoms with Crippen LogP contribution in [0.1, 0.15) is 101 Å². The fourth-order valence-electron chi connectivity index (χ4n) is 3.36. The van der Waals surface area contributed by atoms with Crippen LogP contribution < -0.4 is 10.6 Å². The van der Waals surface area contributed by atoms with Crippen molar-refractivity contribution in [3.63, 3.8) is 0 Å². The summed E-state index contributed by atoms with van der Waals surface area (Å²) in [6, 6.07) is 0. The van der Waals surface area contributed by atoms with Gasteiger partial charge in [-0.05, 0) is 74.3 Å². The minimum atomic E-state index is -0.835. The van der Waals surface area contributed by atoms with Crippen molar-refractivity contribution in [2.45, 2.75) is 124 Å². The first-order valence-corrected chi connectivity index (χ1v) is 13.1. The van der Waals surface area contributed by atoms with E-state index in [0.29, 0.717) is 45.2 Å². The van der Waals surface area contributed by atoms with Gasteiger partial charge in [0.25, 0.3) is 6.47 Å². The highest BCUT2D eigenvalue weighted by Gasteiger charge is 2.37. The van der Waals surface area contributed by atoms with Crippen LogP contribution in [-0.2, 0) is 33.3 Å². The fourth-order valence-corrected chi connectivity index (χ4v) is 3.36. The number of carbonyl (C=O) groups excluding carboxylic acids is 4. The van der Waals surface area contributed by atoms with E-state index in [0.717, 1.165) is 0 Å². The molecule has 0 aliphatic carbocycles. The van der Waals surface area contributed by atoms with E-state index in [1.165, 1.54) is 0 Å². The van der Waals surface area contributed by atoms with E-state index in [2.05, 4.69) is 15.4 Å². The second-order valence-corrected chi connectivity index (χ2v) is 10.8. The summed E-state index contributed by atoms with van der Waals surface area (Å²) in [5.74, 6) is -0.514. The van der Waals surface area contributed by atoms with Gasteiger partial charge in [-0.2, -0.15) is 0 Å². The smallest absolute Gasteiger partial charge is 0.408 e. The molecule has 0 aliphatic heterocycles. The number of likely N-dealkylation sites (N-methyl/N-ethyl adjacent to an activating group) is 1. The lowest BCUT2D eigenvalue weighted by Crippen LogP contribution is -2.46. The molecule has 1 amide bonds. The lowest BCUT2D eigenvalue weighted by atomic mass is 9.90. The number of ether oxygens (including phenoxy) is 4. The third-order valence-corrected chi connectivity index (χ3v) is 5.72. The summed E-state index contributed by atoms with van der Waals surface area (Å²) in [5.41, 5.74) is -2.51. The number of carbonyl (C=O) groups is 4. The molecule has 2 N–H and O–H groups in total. The molecule has 0 unspecified atom stereocenters. The highest BCUT2D eigenvalue weighted by Crippen LogP contribution is 2.28. The first-order chi connectivity index (χ1) is 17.0. The minimum Gasteiger partial charge on any atom is -0.462 e. The molecular formula is C27H52N2O8. The van der Waals surface area contributed by atoms with Gasteiger partial charge >= 0.3 is 12.1 Å². The quantitative estimate of drug-likeness (QED) is 0.180. The maximum atomic E-state index is 12.5. The number of amides is 1. The molecule has 0 aromatic heterocycles. The van der Waals surface area contributed by atoms with Gasteiger partial charge in [0.2, 0.25) is 0 Å². The summed E-state index contributed by atoms with van der Waals surface area (Å²) in [4.78, 5) is 46.2. The molecule has 0 fully saturated rings. The molecule has 0 radical (unpaired) electrons. The van der Waals surface area contributed by atoms with Crippen molar-refractivity contribution in [2.24, 2.45) is 0 Å².